The molecule has 0 N–H and O–H groups in total. The Morgan fingerprint density at radius 1 is 1.06 bits per heavy atom. The van der Waals surface area contributed by atoms with Gasteiger partial charge in [-0.2, -0.15) is 5.10 Å². The van der Waals surface area contributed by atoms with E-state index >= 15 is 0 Å². The zero-order chi connectivity index (χ0) is 11.5. The molecular weight excluding hydrogens is 200 g/mol. The van der Waals surface area contributed by atoms with Gasteiger partial charge in [-0.05, 0) is 43.7 Å². The van der Waals surface area contributed by atoms with Crippen LogP contribution in [-0.4, -0.2) is 9.89 Å². The van der Waals surface area contributed by atoms with E-state index in [2.05, 4.69) is 15.4 Å². The maximum Gasteiger partial charge on any atom is 0.0875 e. The van der Waals surface area contributed by atoms with Gasteiger partial charge in [0.25, 0.3) is 0 Å². The number of benzene rings is 1. The monoisotopic (exact) mass is 214 g/mol. The van der Waals surface area contributed by atoms with E-state index in [4.69, 9.17) is 0 Å². The quantitative estimate of drug-likeness (QED) is 0.707. The maximum absolute atomic E-state index is 4.28. The molecule has 4 nitrogen and oxygen atoms in total. The number of hydrogen-bond donors (Lipinski definition) is 0. The third-order valence-electron chi connectivity index (χ3n) is 2.63. The van der Waals surface area contributed by atoms with Gasteiger partial charge in [-0.15, -0.1) is 9.91 Å². The highest BCUT2D eigenvalue weighted by molar-refractivity contribution is 5.34. The van der Waals surface area contributed by atoms with Gasteiger partial charge in [0.1, 0.15) is 0 Å². The third-order valence-corrected chi connectivity index (χ3v) is 2.63. The number of aromatic nitrogens is 2. The summed E-state index contributed by atoms with van der Waals surface area (Å²) < 4.78 is 0. The smallest absolute Gasteiger partial charge is 0.0875 e. The minimum absolute atomic E-state index is 0.827. The van der Waals surface area contributed by atoms with Gasteiger partial charge in [-0.1, -0.05) is 18.2 Å². The zero-order valence-corrected chi connectivity index (χ0v) is 9.68. The van der Waals surface area contributed by atoms with Crippen LogP contribution in [0.3, 0.4) is 0 Å². The highest BCUT2D eigenvalue weighted by Gasteiger charge is 2.05. The first kappa shape index (κ1) is 10.5. The Labute approximate surface area is 94.6 Å². The lowest BCUT2D eigenvalue weighted by molar-refractivity contribution is 0.664. The van der Waals surface area contributed by atoms with Crippen LogP contribution in [0.15, 0.2) is 40.7 Å². The molecule has 1 aromatic carbocycles. The first-order valence-corrected chi connectivity index (χ1v) is 5.18. The first-order chi connectivity index (χ1) is 7.68. The molecule has 2 rings (SSSR count). The Morgan fingerprint density at radius 3 is 2.31 bits per heavy atom. The van der Waals surface area contributed by atoms with E-state index in [1.807, 2.05) is 51.1 Å². The van der Waals surface area contributed by atoms with Crippen molar-refractivity contribution in [2.24, 2.45) is 10.3 Å². The molecule has 0 bridgehead atoms. The lowest BCUT2D eigenvalue weighted by Gasteiger charge is -1.94. The van der Waals surface area contributed by atoms with Crippen molar-refractivity contribution in [1.82, 2.24) is 9.89 Å². The predicted molar refractivity (Wildman–Crippen MR) is 62.8 cm³/mol. The standard InChI is InChI=1S/C12H14N4/c1-9-10(2)14-16(11(9)3)15-13-12-7-5-4-6-8-12/h4-8H,1-3H3. The Hall–Kier alpha value is -1.97. The van der Waals surface area contributed by atoms with Crippen LogP contribution in [0.5, 0.6) is 0 Å². The summed E-state index contributed by atoms with van der Waals surface area (Å²) in [4.78, 5) is 1.57. The number of nitrogens with zero attached hydrogens (tertiary/aromatic N) is 4. The lowest BCUT2D eigenvalue weighted by atomic mass is 10.2. The summed E-state index contributed by atoms with van der Waals surface area (Å²) in [7, 11) is 0. The molecule has 4 heteroatoms. The van der Waals surface area contributed by atoms with Crippen molar-refractivity contribution in [3.8, 4) is 0 Å². The molecule has 0 aliphatic carbocycles. The second-order valence-electron chi connectivity index (χ2n) is 3.71. The van der Waals surface area contributed by atoms with Crippen molar-refractivity contribution in [2.75, 3.05) is 0 Å². The molecule has 0 radical (unpaired) electrons. The van der Waals surface area contributed by atoms with E-state index in [1.54, 1.807) is 4.79 Å². The van der Waals surface area contributed by atoms with Crippen molar-refractivity contribution in [3.05, 3.63) is 47.3 Å². The minimum Gasteiger partial charge on any atom is -0.154 e. The minimum atomic E-state index is 0.827. The van der Waals surface area contributed by atoms with Crippen molar-refractivity contribution in [2.45, 2.75) is 20.8 Å². The molecule has 0 amide bonds. The van der Waals surface area contributed by atoms with Gasteiger partial charge in [0.05, 0.1) is 17.1 Å². The highest BCUT2D eigenvalue weighted by atomic mass is 15.6. The fourth-order valence-electron chi connectivity index (χ4n) is 1.38. The van der Waals surface area contributed by atoms with Gasteiger partial charge in [-0.3, -0.25) is 0 Å². The second kappa shape index (κ2) is 4.26. The van der Waals surface area contributed by atoms with Crippen LogP contribution >= 0.6 is 0 Å². The lowest BCUT2D eigenvalue weighted by Crippen LogP contribution is -1.92. The molecular formula is C12H14N4. The molecule has 82 valence electrons. The fraction of sp³-hybridized carbons (Fsp3) is 0.250. The van der Waals surface area contributed by atoms with Crippen LogP contribution in [0.1, 0.15) is 17.0 Å². The topological polar surface area (TPSA) is 42.5 Å². The summed E-state index contributed by atoms with van der Waals surface area (Å²) >= 11 is 0. The molecule has 1 aromatic heterocycles. The molecule has 2 aromatic rings. The molecule has 0 saturated heterocycles. The molecule has 0 fully saturated rings. The number of aryl methyl sites for hydroxylation is 1. The summed E-state index contributed by atoms with van der Waals surface area (Å²) in [6.45, 7) is 5.99. The van der Waals surface area contributed by atoms with Crippen molar-refractivity contribution < 1.29 is 0 Å². The molecule has 1 heterocycles. The number of rotatable bonds is 2. The van der Waals surface area contributed by atoms with Gasteiger partial charge in [0.15, 0.2) is 0 Å². The van der Waals surface area contributed by atoms with Crippen molar-refractivity contribution in [3.63, 3.8) is 0 Å². The van der Waals surface area contributed by atoms with Crippen LogP contribution < -0.4 is 0 Å². The first-order valence-electron chi connectivity index (χ1n) is 5.18. The van der Waals surface area contributed by atoms with E-state index < -0.39 is 0 Å². The van der Waals surface area contributed by atoms with E-state index in [9.17, 15) is 0 Å². The Kier molecular flexibility index (Phi) is 2.81. The van der Waals surface area contributed by atoms with Crippen molar-refractivity contribution in [1.29, 1.82) is 0 Å². The van der Waals surface area contributed by atoms with Gasteiger partial charge >= 0.3 is 0 Å². The Bertz CT molecular complexity index is 511. The fourth-order valence-corrected chi connectivity index (χ4v) is 1.38. The molecule has 0 aliphatic rings. The maximum atomic E-state index is 4.28. The molecule has 0 aliphatic heterocycles. The highest BCUT2D eigenvalue weighted by Crippen LogP contribution is 2.14. The summed E-state index contributed by atoms with van der Waals surface area (Å²) in [6.07, 6.45) is 0. The normalized spacial score (nSPS) is 11.2. The van der Waals surface area contributed by atoms with Crippen LogP contribution in [0.25, 0.3) is 0 Å². The molecule has 0 unspecified atom stereocenters. The summed E-state index contributed by atoms with van der Waals surface area (Å²) in [5, 5.41) is 12.5. The SMILES string of the molecule is Cc1nn(N=Nc2ccccc2)c(C)c1C. The summed E-state index contributed by atoms with van der Waals surface area (Å²) in [5.41, 5.74) is 4.00. The van der Waals surface area contributed by atoms with Gasteiger partial charge in [-0.25, -0.2) is 0 Å². The van der Waals surface area contributed by atoms with Crippen LogP contribution in [0, 0.1) is 20.8 Å². The van der Waals surface area contributed by atoms with Crippen molar-refractivity contribution >= 4 is 5.69 Å². The van der Waals surface area contributed by atoms with Gasteiger partial charge in [0, 0.05) is 0 Å². The average Bonchev–Trinajstić information content (AvgIpc) is 2.56. The van der Waals surface area contributed by atoms with E-state index in [0.29, 0.717) is 0 Å². The summed E-state index contributed by atoms with van der Waals surface area (Å²) in [5.74, 6) is 0. The van der Waals surface area contributed by atoms with Crippen LogP contribution in [-0.2, 0) is 0 Å². The molecule has 0 spiro atoms. The summed E-state index contributed by atoms with van der Waals surface area (Å²) in [6, 6.07) is 9.62. The Morgan fingerprint density at radius 2 is 1.75 bits per heavy atom. The van der Waals surface area contributed by atoms with Crippen LogP contribution in [0.2, 0.25) is 0 Å². The second-order valence-corrected chi connectivity index (χ2v) is 3.71. The van der Waals surface area contributed by atoms with Gasteiger partial charge < -0.3 is 0 Å². The van der Waals surface area contributed by atoms with E-state index in [-0.39, 0.29) is 0 Å². The molecule has 0 saturated carbocycles. The van der Waals surface area contributed by atoms with Crippen LogP contribution in [0.4, 0.5) is 5.69 Å². The van der Waals surface area contributed by atoms with E-state index in [1.165, 1.54) is 0 Å². The molecule has 0 atom stereocenters. The largest absolute Gasteiger partial charge is 0.154 e. The average molecular weight is 214 g/mol. The Balaban J connectivity index is 2.28. The van der Waals surface area contributed by atoms with Gasteiger partial charge in [0.2, 0.25) is 0 Å². The van der Waals surface area contributed by atoms with E-state index in [0.717, 1.165) is 22.6 Å². The third kappa shape index (κ3) is 2.00. The molecule has 16 heavy (non-hydrogen) atoms. The number of hydrogen-bond acceptors (Lipinski definition) is 3. The zero-order valence-electron chi connectivity index (χ0n) is 9.68. The predicted octanol–water partition coefficient (Wildman–Crippen LogP) is 3.36.